The first-order valence-corrected chi connectivity index (χ1v) is 6.10. The first kappa shape index (κ1) is 11.8. The Balaban J connectivity index is 1.72. The highest BCUT2D eigenvalue weighted by atomic mass is 16.6. The summed E-state index contributed by atoms with van der Waals surface area (Å²) < 4.78 is 3.48. The van der Waals surface area contributed by atoms with Gasteiger partial charge in [-0.05, 0) is 19.8 Å². The van der Waals surface area contributed by atoms with Crippen molar-refractivity contribution in [2.24, 2.45) is 7.05 Å². The molecule has 19 heavy (non-hydrogen) atoms. The highest BCUT2D eigenvalue weighted by Crippen LogP contribution is 2.43. The summed E-state index contributed by atoms with van der Waals surface area (Å²) in [4.78, 5) is 14.6. The fourth-order valence-electron chi connectivity index (χ4n) is 2.53. The molecule has 2 heterocycles. The maximum absolute atomic E-state index is 10.8. The van der Waals surface area contributed by atoms with Crippen LogP contribution in [-0.4, -0.2) is 29.5 Å². The SMILES string of the molecule is Cc1nn([C@H]2C[C@H](c3ncnn3C)C2)cc1[N+](=O)[O-]. The van der Waals surface area contributed by atoms with Crippen molar-refractivity contribution in [3.8, 4) is 0 Å². The molecule has 0 unspecified atom stereocenters. The molecule has 1 aliphatic rings. The molecule has 0 saturated heterocycles. The third-order valence-electron chi connectivity index (χ3n) is 3.69. The van der Waals surface area contributed by atoms with Crippen LogP contribution in [0.5, 0.6) is 0 Å². The molecule has 0 bridgehead atoms. The van der Waals surface area contributed by atoms with Gasteiger partial charge < -0.3 is 0 Å². The summed E-state index contributed by atoms with van der Waals surface area (Å²) in [6.45, 7) is 1.66. The zero-order chi connectivity index (χ0) is 13.6. The predicted octanol–water partition coefficient (Wildman–Crippen LogP) is 1.35. The topological polar surface area (TPSA) is 91.7 Å². The molecule has 2 aromatic rings. The second-order valence-corrected chi connectivity index (χ2v) is 4.90. The van der Waals surface area contributed by atoms with Crippen LogP contribution >= 0.6 is 0 Å². The number of aromatic nitrogens is 5. The second-order valence-electron chi connectivity index (χ2n) is 4.90. The Labute approximate surface area is 109 Å². The van der Waals surface area contributed by atoms with Crippen molar-refractivity contribution in [3.63, 3.8) is 0 Å². The van der Waals surface area contributed by atoms with Gasteiger partial charge in [-0.3, -0.25) is 19.5 Å². The molecule has 100 valence electrons. The van der Waals surface area contributed by atoms with Gasteiger partial charge in [0, 0.05) is 13.0 Å². The van der Waals surface area contributed by atoms with Crippen molar-refractivity contribution in [1.82, 2.24) is 24.5 Å². The average Bonchev–Trinajstić information content (AvgIpc) is 2.84. The lowest BCUT2D eigenvalue weighted by atomic mass is 9.80. The van der Waals surface area contributed by atoms with E-state index in [-0.39, 0.29) is 11.7 Å². The standard InChI is InChI=1S/C11H14N6O2/c1-7-10(17(18)19)5-16(14-7)9-3-8(4-9)11-12-6-13-15(11)2/h5-6,8-9H,3-4H2,1-2H3/t8-,9-. The predicted molar refractivity (Wildman–Crippen MR) is 65.6 cm³/mol. The molecule has 0 spiro atoms. The van der Waals surface area contributed by atoms with Crippen LogP contribution in [-0.2, 0) is 7.05 Å². The molecule has 0 atom stereocenters. The van der Waals surface area contributed by atoms with Gasteiger partial charge in [0.25, 0.3) is 0 Å². The van der Waals surface area contributed by atoms with E-state index in [1.807, 2.05) is 7.05 Å². The van der Waals surface area contributed by atoms with Gasteiger partial charge >= 0.3 is 5.69 Å². The lowest BCUT2D eigenvalue weighted by molar-refractivity contribution is -0.385. The van der Waals surface area contributed by atoms with Gasteiger partial charge in [0.1, 0.15) is 24.0 Å². The van der Waals surface area contributed by atoms with Crippen LogP contribution in [0.25, 0.3) is 0 Å². The smallest absolute Gasteiger partial charge is 0.262 e. The maximum atomic E-state index is 10.8. The first-order chi connectivity index (χ1) is 9.06. The summed E-state index contributed by atoms with van der Waals surface area (Å²) in [6.07, 6.45) is 4.86. The van der Waals surface area contributed by atoms with Gasteiger partial charge in [-0.1, -0.05) is 0 Å². The largest absolute Gasteiger partial charge is 0.309 e. The molecule has 0 N–H and O–H groups in total. The van der Waals surface area contributed by atoms with E-state index in [2.05, 4.69) is 15.2 Å². The Morgan fingerprint density at radius 1 is 1.47 bits per heavy atom. The van der Waals surface area contributed by atoms with Crippen molar-refractivity contribution in [2.45, 2.75) is 31.7 Å². The van der Waals surface area contributed by atoms with Crippen molar-refractivity contribution in [2.75, 3.05) is 0 Å². The fourth-order valence-corrected chi connectivity index (χ4v) is 2.53. The number of nitro groups is 1. The van der Waals surface area contributed by atoms with Crippen LogP contribution in [0.4, 0.5) is 5.69 Å². The molecule has 8 heteroatoms. The number of rotatable bonds is 3. The van der Waals surface area contributed by atoms with Gasteiger partial charge in [-0.25, -0.2) is 4.98 Å². The summed E-state index contributed by atoms with van der Waals surface area (Å²) in [7, 11) is 1.87. The van der Waals surface area contributed by atoms with E-state index in [1.54, 1.807) is 22.6 Å². The van der Waals surface area contributed by atoms with Gasteiger partial charge in [0.2, 0.25) is 0 Å². The van der Waals surface area contributed by atoms with Gasteiger partial charge in [-0.15, -0.1) is 0 Å². The van der Waals surface area contributed by atoms with Crippen molar-refractivity contribution < 1.29 is 4.92 Å². The molecule has 3 rings (SSSR count). The van der Waals surface area contributed by atoms with Crippen LogP contribution in [0, 0.1) is 17.0 Å². The van der Waals surface area contributed by atoms with E-state index in [4.69, 9.17) is 0 Å². The molecule has 0 amide bonds. The molecule has 1 aliphatic carbocycles. The third kappa shape index (κ3) is 1.88. The molecule has 2 aromatic heterocycles. The van der Waals surface area contributed by atoms with E-state index in [0.717, 1.165) is 18.7 Å². The fraction of sp³-hybridized carbons (Fsp3) is 0.545. The minimum atomic E-state index is -0.391. The molecule has 8 nitrogen and oxygen atoms in total. The van der Waals surface area contributed by atoms with E-state index in [1.165, 1.54) is 6.20 Å². The third-order valence-corrected chi connectivity index (χ3v) is 3.69. The van der Waals surface area contributed by atoms with Gasteiger partial charge in [0.15, 0.2) is 0 Å². The highest BCUT2D eigenvalue weighted by molar-refractivity contribution is 5.31. The Kier molecular flexibility index (Phi) is 2.58. The molecular weight excluding hydrogens is 248 g/mol. The summed E-state index contributed by atoms with van der Waals surface area (Å²) in [6, 6.07) is 0.217. The zero-order valence-electron chi connectivity index (χ0n) is 10.7. The van der Waals surface area contributed by atoms with Crippen LogP contribution in [0.3, 0.4) is 0 Å². The minimum Gasteiger partial charge on any atom is -0.262 e. The minimum absolute atomic E-state index is 0.0853. The summed E-state index contributed by atoms with van der Waals surface area (Å²) >= 11 is 0. The van der Waals surface area contributed by atoms with Crippen LogP contribution in [0.2, 0.25) is 0 Å². The summed E-state index contributed by atoms with van der Waals surface area (Å²) in [5, 5.41) is 19.1. The molecule has 0 aromatic carbocycles. The van der Waals surface area contributed by atoms with E-state index in [0.29, 0.717) is 11.6 Å². The summed E-state index contributed by atoms with van der Waals surface area (Å²) in [5.74, 6) is 1.33. The van der Waals surface area contributed by atoms with Crippen molar-refractivity contribution >= 4 is 5.69 Å². The van der Waals surface area contributed by atoms with E-state index in [9.17, 15) is 10.1 Å². The first-order valence-electron chi connectivity index (χ1n) is 6.10. The average molecular weight is 262 g/mol. The second kappa shape index (κ2) is 4.15. The van der Waals surface area contributed by atoms with Crippen LogP contribution < -0.4 is 0 Å². The molecule has 1 fully saturated rings. The quantitative estimate of drug-likeness (QED) is 0.615. The molecule has 1 saturated carbocycles. The molecule has 0 aliphatic heterocycles. The lowest BCUT2D eigenvalue weighted by Gasteiger charge is -2.34. The highest BCUT2D eigenvalue weighted by Gasteiger charge is 2.35. The number of aryl methyl sites for hydroxylation is 2. The van der Waals surface area contributed by atoms with Gasteiger partial charge in [-0.2, -0.15) is 10.2 Å². The Hall–Kier alpha value is -2.25. The Morgan fingerprint density at radius 2 is 2.21 bits per heavy atom. The Morgan fingerprint density at radius 3 is 2.74 bits per heavy atom. The molecular formula is C11H14N6O2. The van der Waals surface area contributed by atoms with Gasteiger partial charge in [0.05, 0.1) is 11.0 Å². The zero-order valence-corrected chi connectivity index (χ0v) is 10.7. The number of hydrogen-bond donors (Lipinski definition) is 0. The summed E-state index contributed by atoms with van der Waals surface area (Å²) in [5.41, 5.74) is 0.550. The van der Waals surface area contributed by atoms with E-state index < -0.39 is 4.92 Å². The van der Waals surface area contributed by atoms with Crippen LogP contribution in [0.1, 0.15) is 36.3 Å². The normalized spacial score (nSPS) is 22.2. The molecule has 0 radical (unpaired) electrons. The van der Waals surface area contributed by atoms with E-state index >= 15 is 0 Å². The number of hydrogen-bond acceptors (Lipinski definition) is 5. The van der Waals surface area contributed by atoms with Crippen molar-refractivity contribution in [3.05, 3.63) is 34.2 Å². The Bertz CT molecular complexity index is 625. The maximum Gasteiger partial charge on any atom is 0.309 e. The number of nitrogens with zero attached hydrogens (tertiary/aromatic N) is 6. The van der Waals surface area contributed by atoms with Crippen LogP contribution in [0.15, 0.2) is 12.5 Å². The van der Waals surface area contributed by atoms with Crippen molar-refractivity contribution in [1.29, 1.82) is 0 Å². The lowest BCUT2D eigenvalue weighted by Crippen LogP contribution is -2.27. The monoisotopic (exact) mass is 262 g/mol.